The summed E-state index contributed by atoms with van der Waals surface area (Å²) in [7, 11) is 0. The molecule has 1 saturated heterocycles. The van der Waals surface area contributed by atoms with Gasteiger partial charge in [0, 0.05) is 5.56 Å². The number of carbonyl (C=O) groups is 1. The number of ether oxygens (including phenoxy) is 2. The van der Waals surface area contributed by atoms with E-state index in [9.17, 15) is 23.1 Å². The van der Waals surface area contributed by atoms with Gasteiger partial charge in [-0.25, -0.2) is 0 Å². The summed E-state index contributed by atoms with van der Waals surface area (Å²) >= 11 is 0. The van der Waals surface area contributed by atoms with Crippen LogP contribution in [0.3, 0.4) is 0 Å². The quantitative estimate of drug-likeness (QED) is 0.821. The molecule has 1 amide bonds. The van der Waals surface area contributed by atoms with Gasteiger partial charge in [-0.05, 0) is 18.6 Å². The molecule has 0 saturated carbocycles. The zero-order valence-electron chi connectivity index (χ0n) is 10.2. The smallest absolute Gasteiger partial charge is 0.471 e. The molecule has 1 heterocycles. The zero-order valence-corrected chi connectivity index (χ0v) is 10.2. The summed E-state index contributed by atoms with van der Waals surface area (Å²) in [5.41, 5.74) is 0.0718. The first kappa shape index (κ1) is 14.6. The lowest BCUT2D eigenvalue weighted by Crippen LogP contribution is -2.30. The summed E-state index contributed by atoms with van der Waals surface area (Å²) in [6.07, 6.45) is -5.02. The lowest BCUT2D eigenvalue weighted by Gasteiger charge is -2.24. The lowest BCUT2D eigenvalue weighted by atomic mass is 10.1. The third-order valence-electron chi connectivity index (χ3n) is 2.63. The second-order valence-corrected chi connectivity index (χ2v) is 4.16. The highest BCUT2D eigenvalue weighted by Crippen LogP contribution is 2.31. The van der Waals surface area contributed by atoms with Gasteiger partial charge in [-0.15, -0.1) is 0 Å². The van der Waals surface area contributed by atoms with Gasteiger partial charge in [0.2, 0.25) is 0 Å². The summed E-state index contributed by atoms with van der Waals surface area (Å²) in [6.45, 7) is 0.936. The number of rotatable bonds is 2. The van der Waals surface area contributed by atoms with Crippen molar-refractivity contribution in [3.8, 4) is 5.75 Å². The molecule has 1 aromatic carbocycles. The van der Waals surface area contributed by atoms with Gasteiger partial charge < -0.3 is 19.9 Å². The van der Waals surface area contributed by atoms with Crippen LogP contribution < -0.4 is 5.32 Å². The van der Waals surface area contributed by atoms with Crippen LogP contribution in [0.2, 0.25) is 0 Å². The molecule has 1 aromatic rings. The van der Waals surface area contributed by atoms with Crippen LogP contribution in [0.25, 0.3) is 0 Å². The van der Waals surface area contributed by atoms with E-state index in [-0.39, 0.29) is 5.69 Å². The van der Waals surface area contributed by atoms with E-state index in [1.807, 2.05) is 0 Å². The molecule has 1 aliphatic rings. The fourth-order valence-electron chi connectivity index (χ4n) is 1.67. The Hall–Kier alpha value is -1.80. The van der Waals surface area contributed by atoms with E-state index in [0.29, 0.717) is 18.8 Å². The highest BCUT2D eigenvalue weighted by atomic mass is 19.4. The summed E-state index contributed by atoms with van der Waals surface area (Å²) in [6, 6.07) is 3.81. The molecule has 20 heavy (non-hydrogen) atoms. The predicted molar refractivity (Wildman–Crippen MR) is 62.1 cm³/mol. The minimum absolute atomic E-state index is 0.345. The van der Waals surface area contributed by atoms with Crippen molar-refractivity contribution in [1.29, 1.82) is 0 Å². The number of nitrogens with one attached hydrogen (secondary N) is 1. The average Bonchev–Trinajstić information content (AvgIpc) is 2.41. The fourth-order valence-corrected chi connectivity index (χ4v) is 1.67. The number of alkyl halides is 3. The molecule has 2 N–H and O–H groups in total. The summed E-state index contributed by atoms with van der Waals surface area (Å²) in [5, 5.41) is 11.1. The van der Waals surface area contributed by atoms with Crippen molar-refractivity contribution in [2.75, 3.05) is 18.5 Å². The minimum Gasteiger partial charge on any atom is -0.506 e. The Bertz CT molecular complexity index is 498. The molecule has 1 aliphatic heterocycles. The summed E-state index contributed by atoms with van der Waals surface area (Å²) < 4.78 is 47.1. The van der Waals surface area contributed by atoms with Crippen molar-refractivity contribution in [3.63, 3.8) is 0 Å². The van der Waals surface area contributed by atoms with Crippen molar-refractivity contribution in [3.05, 3.63) is 23.8 Å². The lowest BCUT2D eigenvalue weighted by molar-refractivity contribution is -0.183. The number of halogens is 3. The fraction of sp³-hybridized carbons (Fsp3) is 0.417. The molecule has 5 nitrogen and oxygen atoms in total. The second kappa shape index (κ2) is 5.68. The van der Waals surface area contributed by atoms with Gasteiger partial charge in [0.25, 0.3) is 0 Å². The maximum Gasteiger partial charge on any atom is 0.471 e. The van der Waals surface area contributed by atoms with E-state index in [0.717, 1.165) is 6.42 Å². The number of phenolic OH excluding ortho intramolecular Hbond substituents is 1. The van der Waals surface area contributed by atoms with Crippen LogP contribution >= 0.6 is 0 Å². The number of aromatic hydroxyl groups is 1. The van der Waals surface area contributed by atoms with Gasteiger partial charge in [-0.2, -0.15) is 13.2 Å². The molecule has 0 aliphatic carbocycles. The molecule has 2 rings (SSSR count). The number of amides is 1. The van der Waals surface area contributed by atoms with Crippen LogP contribution in [0.5, 0.6) is 5.75 Å². The third kappa shape index (κ3) is 3.40. The molecule has 110 valence electrons. The van der Waals surface area contributed by atoms with Crippen LogP contribution in [0.1, 0.15) is 18.3 Å². The molecule has 0 aromatic heterocycles. The number of anilines is 1. The molecule has 0 atom stereocenters. The monoisotopic (exact) mass is 291 g/mol. The average molecular weight is 291 g/mol. The second-order valence-electron chi connectivity index (χ2n) is 4.16. The molecular weight excluding hydrogens is 279 g/mol. The van der Waals surface area contributed by atoms with Crippen LogP contribution in [0, 0.1) is 0 Å². The standard InChI is InChI=1S/C12H12F3NO4/c13-12(14,15)11(18)16-8-6-7(2-3-9(8)17)10-19-4-1-5-20-10/h2-3,6,10,17H,1,4-5H2,(H,16,18). The van der Waals surface area contributed by atoms with Gasteiger partial charge >= 0.3 is 12.1 Å². The first-order valence-corrected chi connectivity index (χ1v) is 5.82. The van der Waals surface area contributed by atoms with Crippen molar-refractivity contribution in [2.45, 2.75) is 18.9 Å². The summed E-state index contributed by atoms with van der Waals surface area (Å²) in [5.74, 6) is -2.63. The van der Waals surface area contributed by atoms with E-state index in [1.54, 1.807) is 5.32 Å². The van der Waals surface area contributed by atoms with E-state index in [1.165, 1.54) is 18.2 Å². The number of benzene rings is 1. The van der Waals surface area contributed by atoms with Crippen molar-refractivity contribution in [1.82, 2.24) is 0 Å². The Morgan fingerprint density at radius 2 is 1.95 bits per heavy atom. The topological polar surface area (TPSA) is 67.8 Å². The Kier molecular flexibility index (Phi) is 4.15. The van der Waals surface area contributed by atoms with Gasteiger partial charge in [0.05, 0.1) is 18.9 Å². The predicted octanol–water partition coefficient (Wildman–Crippen LogP) is 2.33. The van der Waals surface area contributed by atoms with Gasteiger partial charge in [0.15, 0.2) is 6.29 Å². The van der Waals surface area contributed by atoms with Crippen molar-refractivity contribution >= 4 is 11.6 Å². The van der Waals surface area contributed by atoms with Gasteiger partial charge in [0.1, 0.15) is 5.75 Å². The SMILES string of the molecule is O=C(Nc1cc(C2OCCCO2)ccc1O)C(F)(F)F. The molecule has 0 spiro atoms. The molecule has 0 radical (unpaired) electrons. The van der Waals surface area contributed by atoms with E-state index >= 15 is 0 Å². The number of hydrogen-bond acceptors (Lipinski definition) is 4. The Balaban J connectivity index is 2.18. The zero-order chi connectivity index (χ0) is 14.8. The molecule has 0 unspecified atom stereocenters. The molecule has 8 heteroatoms. The van der Waals surface area contributed by atoms with Crippen molar-refractivity contribution < 1.29 is 32.5 Å². The number of hydrogen-bond donors (Lipinski definition) is 2. The van der Waals surface area contributed by atoms with E-state index in [2.05, 4.69) is 0 Å². The van der Waals surface area contributed by atoms with Crippen molar-refractivity contribution in [2.24, 2.45) is 0 Å². The Labute approximate surface area is 112 Å². The Morgan fingerprint density at radius 3 is 2.55 bits per heavy atom. The maximum absolute atomic E-state index is 12.2. The first-order chi connectivity index (χ1) is 9.38. The largest absolute Gasteiger partial charge is 0.506 e. The van der Waals surface area contributed by atoms with E-state index < -0.39 is 24.1 Å². The number of carbonyl (C=O) groups excluding carboxylic acids is 1. The minimum atomic E-state index is -5.03. The van der Waals surface area contributed by atoms with Gasteiger partial charge in [-0.1, -0.05) is 6.07 Å². The normalized spacial score (nSPS) is 16.9. The Morgan fingerprint density at radius 1 is 1.30 bits per heavy atom. The van der Waals surface area contributed by atoms with Crippen LogP contribution in [-0.2, 0) is 14.3 Å². The molecule has 1 fully saturated rings. The highest BCUT2D eigenvalue weighted by Gasteiger charge is 2.39. The van der Waals surface area contributed by atoms with Gasteiger partial charge in [-0.3, -0.25) is 4.79 Å². The third-order valence-corrected chi connectivity index (χ3v) is 2.63. The van der Waals surface area contributed by atoms with Crippen LogP contribution in [0.4, 0.5) is 18.9 Å². The molecule has 0 bridgehead atoms. The summed E-state index contributed by atoms with van der Waals surface area (Å²) in [4.78, 5) is 10.9. The first-order valence-electron chi connectivity index (χ1n) is 5.82. The van der Waals surface area contributed by atoms with E-state index in [4.69, 9.17) is 9.47 Å². The van der Waals surface area contributed by atoms with Crippen LogP contribution in [0.15, 0.2) is 18.2 Å². The molecular formula is C12H12F3NO4. The highest BCUT2D eigenvalue weighted by molar-refractivity contribution is 5.96. The number of phenols is 1. The maximum atomic E-state index is 12.2. The van der Waals surface area contributed by atoms with Crippen LogP contribution in [-0.4, -0.2) is 30.4 Å².